The van der Waals surface area contributed by atoms with Gasteiger partial charge < -0.3 is 10.5 Å². The fourth-order valence-electron chi connectivity index (χ4n) is 4.23. The summed E-state index contributed by atoms with van der Waals surface area (Å²) in [4.78, 5) is 0. The molecule has 5 rings (SSSR count). The van der Waals surface area contributed by atoms with Crippen LogP contribution < -0.4 is 10.5 Å². The molecule has 0 saturated heterocycles. The predicted molar refractivity (Wildman–Crippen MR) is 127 cm³/mol. The molecular formula is C28H23NO. The van der Waals surface area contributed by atoms with E-state index in [1.807, 2.05) is 24.3 Å². The maximum absolute atomic E-state index is 5.97. The number of nitrogens with two attached hydrogens (primary N) is 1. The molecule has 5 aromatic rings. The molecule has 0 atom stereocenters. The van der Waals surface area contributed by atoms with E-state index in [4.69, 9.17) is 10.5 Å². The SMILES string of the molecule is Cc1c(-c2ccc(COc3ccccc3N)cc2)c2ccccc2c2ccccc12. The molecule has 0 aliphatic carbocycles. The Morgan fingerprint density at radius 2 is 1.20 bits per heavy atom. The van der Waals surface area contributed by atoms with Crippen LogP contribution in [0.3, 0.4) is 0 Å². The molecule has 0 amide bonds. The van der Waals surface area contributed by atoms with Crippen molar-refractivity contribution in [1.29, 1.82) is 0 Å². The van der Waals surface area contributed by atoms with Gasteiger partial charge in [0, 0.05) is 0 Å². The van der Waals surface area contributed by atoms with Gasteiger partial charge in [-0.15, -0.1) is 0 Å². The molecule has 2 heteroatoms. The largest absolute Gasteiger partial charge is 0.487 e. The number of aryl methyl sites for hydroxylation is 1. The standard InChI is InChI=1S/C28H23NO/c1-19-22-8-2-3-9-23(22)24-10-4-5-11-25(24)28(19)21-16-14-20(15-17-21)18-30-27-13-7-6-12-26(27)29/h2-17H,18,29H2,1H3. The minimum absolute atomic E-state index is 0.492. The minimum Gasteiger partial charge on any atom is -0.487 e. The summed E-state index contributed by atoms with van der Waals surface area (Å²) >= 11 is 0. The van der Waals surface area contributed by atoms with Crippen LogP contribution in [0.1, 0.15) is 11.1 Å². The first kappa shape index (κ1) is 18.3. The molecule has 2 nitrogen and oxygen atoms in total. The molecule has 0 fully saturated rings. The van der Waals surface area contributed by atoms with Crippen molar-refractivity contribution in [2.75, 3.05) is 5.73 Å². The summed E-state index contributed by atoms with van der Waals surface area (Å²) in [6, 6.07) is 33.6. The third kappa shape index (κ3) is 3.17. The third-order valence-electron chi connectivity index (χ3n) is 5.75. The number of ether oxygens (including phenoxy) is 1. The van der Waals surface area contributed by atoms with Gasteiger partial charge in [-0.25, -0.2) is 0 Å². The Labute approximate surface area is 176 Å². The highest BCUT2D eigenvalue weighted by atomic mass is 16.5. The van der Waals surface area contributed by atoms with E-state index in [-0.39, 0.29) is 0 Å². The number of anilines is 1. The Morgan fingerprint density at radius 3 is 1.90 bits per heavy atom. The van der Waals surface area contributed by atoms with E-state index in [2.05, 4.69) is 79.7 Å². The highest BCUT2D eigenvalue weighted by molar-refractivity contribution is 6.15. The van der Waals surface area contributed by atoms with E-state index >= 15 is 0 Å². The number of hydrogen-bond acceptors (Lipinski definition) is 2. The first-order chi connectivity index (χ1) is 14.7. The lowest BCUT2D eigenvalue weighted by atomic mass is 9.88. The number of fused-ring (bicyclic) bond motifs is 3. The van der Waals surface area contributed by atoms with E-state index in [0.29, 0.717) is 12.3 Å². The van der Waals surface area contributed by atoms with E-state index < -0.39 is 0 Å². The Bertz CT molecular complexity index is 1350. The molecule has 30 heavy (non-hydrogen) atoms. The number of rotatable bonds is 4. The van der Waals surface area contributed by atoms with Gasteiger partial charge in [0.15, 0.2) is 0 Å². The lowest BCUT2D eigenvalue weighted by Gasteiger charge is -2.16. The zero-order chi connectivity index (χ0) is 20.5. The maximum Gasteiger partial charge on any atom is 0.142 e. The topological polar surface area (TPSA) is 35.2 Å². The first-order valence-electron chi connectivity index (χ1n) is 10.2. The molecule has 0 aromatic heterocycles. The van der Waals surface area contributed by atoms with E-state index in [1.54, 1.807) is 0 Å². The quantitative estimate of drug-likeness (QED) is 0.262. The monoisotopic (exact) mass is 389 g/mol. The molecule has 0 radical (unpaired) electrons. The van der Waals surface area contributed by atoms with Crippen LogP contribution in [0, 0.1) is 6.92 Å². The van der Waals surface area contributed by atoms with Gasteiger partial charge in [-0.05, 0) is 62.9 Å². The van der Waals surface area contributed by atoms with Gasteiger partial charge in [0.2, 0.25) is 0 Å². The maximum atomic E-state index is 5.97. The highest BCUT2D eigenvalue weighted by Crippen LogP contribution is 2.38. The Hall–Kier alpha value is -3.78. The third-order valence-corrected chi connectivity index (χ3v) is 5.75. The summed E-state index contributed by atoms with van der Waals surface area (Å²) < 4.78 is 5.90. The van der Waals surface area contributed by atoms with Crippen LogP contribution in [0.4, 0.5) is 5.69 Å². The Balaban J connectivity index is 1.54. The van der Waals surface area contributed by atoms with E-state index in [1.165, 1.54) is 38.2 Å². The van der Waals surface area contributed by atoms with Crippen molar-refractivity contribution in [3.8, 4) is 16.9 Å². The second-order valence-electron chi connectivity index (χ2n) is 7.61. The van der Waals surface area contributed by atoms with Crippen LogP contribution in [-0.2, 0) is 6.61 Å². The molecular weight excluding hydrogens is 366 g/mol. The van der Waals surface area contributed by atoms with Gasteiger partial charge in [0.25, 0.3) is 0 Å². The highest BCUT2D eigenvalue weighted by Gasteiger charge is 2.12. The van der Waals surface area contributed by atoms with Gasteiger partial charge in [0.1, 0.15) is 12.4 Å². The Morgan fingerprint density at radius 1 is 0.633 bits per heavy atom. The van der Waals surface area contributed by atoms with Gasteiger partial charge in [-0.3, -0.25) is 0 Å². The zero-order valence-electron chi connectivity index (χ0n) is 16.9. The van der Waals surface area contributed by atoms with Crippen molar-refractivity contribution in [3.63, 3.8) is 0 Å². The molecule has 0 aliphatic heterocycles. The molecule has 146 valence electrons. The summed E-state index contributed by atoms with van der Waals surface area (Å²) in [5, 5.41) is 5.19. The second-order valence-corrected chi connectivity index (χ2v) is 7.61. The fraction of sp³-hybridized carbons (Fsp3) is 0.0714. The van der Waals surface area contributed by atoms with Crippen LogP contribution in [0.25, 0.3) is 32.7 Å². The molecule has 5 aromatic carbocycles. The number of hydrogen-bond donors (Lipinski definition) is 1. The summed E-state index contributed by atoms with van der Waals surface area (Å²) in [6.07, 6.45) is 0. The summed E-state index contributed by atoms with van der Waals surface area (Å²) in [6.45, 7) is 2.71. The smallest absolute Gasteiger partial charge is 0.142 e. The molecule has 0 aliphatic rings. The molecule has 0 unspecified atom stereocenters. The van der Waals surface area contributed by atoms with Crippen molar-refractivity contribution in [2.24, 2.45) is 0 Å². The molecule has 0 saturated carbocycles. The normalized spacial score (nSPS) is 11.1. The van der Waals surface area contributed by atoms with Crippen molar-refractivity contribution >= 4 is 27.2 Å². The Kier molecular flexibility index (Phi) is 4.61. The summed E-state index contributed by atoms with van der Waals surface area (Å²) in [7, 11) is 0. The summed E-state index contributed by atoms with van der Waals surface area (Å²) in [5.41, 5.74) is 11.6. The lowest BCUT2D eigenvalue weighted by molar-refractivity contribution is 0.308. The van der Waals surface area contributed by atoms with Crippen molar-refractivity contribution in [1.82, 2.24) is 0 Å². The number of benzene rings is 5. The molecule has 0 bridgehead atoms. The molecule has 2 N–H and O–H groups in total. The average molecular weight is 389 g/mol. The van der Waals surface area contributed by atoms with Gasteiger partial charge in [-0.2, -0.15) is 0 Å². The van der Waals surface area contributed by atoms with Crippen LogP contribution in [-0.4, -0.2) is 0 Å². The van der Waals surface area contributed by atoms with Gasteiger partial charge >= 0.3 is 0 Å². The van der Waals surface area contributed by atoms with Gasteiger partial charge in [-0.1, -0.05) is 84.9 Å². The molecule has 0 spiro atoms. The van der Waals surface area contributed by atoms with Gasteiger partial charge in [0.05, 0.1) is 5.69 Å². The fourth-order valence-corrected chi connectivity index (χ4v) is 4.23. The van der Waals surface area contributed by atoms with Crippen LogP contribution in [0.15, 0.2) is 97.1 Å². The van der Waals surface area contributed by atoms with E-state index in [9.17, 15) is 0 Å². The number of para-hydroxylation sites is 2. The first-order valence-corrected chi connectivity index (χ1v) is 10.2. The van der Waals surface area contributed by atoms with Crippen LogP contribution >= 0.6 is 0 Å². The number of nitrogen functional groups attached to an aromatic ring is 1. The lowest BCUT2D eigenvalue weighted by Crippen LogP contribution is -1.98. The average Bonchev–Trinajstić information content (AvgIpc) is 2.80. The predicted octanol–water partition coefficient (Wildman–Crippen LogP) is 7.13. The van der Waals surface area contributed by atoms with Crippen LogP contribution in [0.5, 0.6) is 5.75 Å². The second kappa shape index (κ2) is 7.57. The zero-order valence-corrected chi connectivity index (χ0v) is 16.9. The van der Waals surface area contributed by atoms with Crippen molar-refractivity contribution in [2.45, 2.75) is 13.5 Å². The van der Waals surface area contributed by atoms with Crippen molar-refractivity contribution < 1.29 is 4.74 Å². The summed E-state index contributed by atoms with van der Waals surface area (Å²) in [5.74, 6) is 0.720. The van der Waals surface area contributed by atoms with Crippen molar-refractivity contribution in [3.05, 3.63) is 108 Å². The molecule has 0 heterocycles. The minimum atomic E-state index is 0.492. The van der Waals surface area contributed by atoms with E-state index in [0.717, 1.165) is 11.3 Å². The van der Waals surface area contributed by atoms with Crippen LogP contribution in [0.2, 0.25) is 0 Å².